The fourth-order valence-corrected chi connectivity index (χ4v) is 1.62. The van der Waals surface area contributed by atoms with E-state index < -0.39 is 5.97 Å². The number of methoxy groups -OCH3 is 2. The third kappa shape index (κ3) is 3.04. The Morgan fingerprint density at radius 1 is 0.947 bits per heavy atom. The molecule has 0 bridgehead atoms. The van der Waals surface area contributed by atoms with E-state index in [1.807, 2.05) is 30.3 Å². The molecule has 0 saturated heterocycles. The third-order valence-electron chi connectivity index (χ3n) is 2.56. The van der Waals surface area contributed by atoms with Crippen molar-refractivity contribution in [3.63, 3.8) is 0 Å². The van der Waals surface area contributed by atoms with Gasteiger partial charge in [-0.05, 0) is 30.3 Å². The molecule has 2 aromatic rings. The summed E-state index contributed by atoms with van der Waals surface area (Å²) in [6, 6.07) is 14.2. The lowest BCUT2D eigenvalue weighted by Gasteiger charge is -2.11. The Hall–Kier alpha value is -2.49. The fraction of sp³-hybridized carbons (Fsp3) is 0.133. The van der Waals surface area contributed by atoms with Gasteiger partial charge in [-0.2, -0.15) is 0 Å². The van der Waals surface area contributed by atoms with Crippen molar-refractivity contribution in [2.45, 2.75) is 0 Å². The molecule has 4 nitrogen and oxygen atoms in total. The quantitative estimate of drug-likeness (QED) is 0.789. The fourth-order valence-electron chi connectivity index (χ4n) is 1.62. The highest BCUT2D eigenvalue weighted by atomic mass is 16.5. The highest BCUT2D eigenvalue weighted by molar-refractivity contribution is 5.90. The van der Waals surface area contributed by atoms with Gasteiger partial charge in [0.05, 0.1) is 19.8 Å². The molecule has 0 radical (unpaired) electrons. The molecule has 0 fully saturated rings. The molecular formula is C15H14O4. The normalized spacial score (nSPS) is 9.79. The molecule has 0 heterocycles. The number of esters is 1. The first-order valence-corrected chi connectivity index (χ1v) is 5.74. The van der Waals surface area contributed by atoms with Gasteiger partial charge in [-0.1, -0.05) is 18.2 Å². The van der Waals surface area contributed by atoms with Crippen LogP contribution in [0, 0.1) is 0 Å². The maximum absolute atomic E-state index is 11.5. The molecule has 0 unspecified atom stereocenters. The zero-order chi connectivity index (χ0) is 13.7. The van der Waals surface area contributed by atoms with Crippen molar-refractivity contribution in [3.05, 3.63) is 54.1 Å². The van der Waals surface area contributed by atoms with E-state index >= 15 is 0 Å². The summed E-state index contributed by atoms with van der Waals surface area (Å²) in [7, 11) is 2.88. The number of benzene rings is 2. The maximum Gasteiger partial charge on any atom is 0.337 e. The molecule has 19 heavy (non-hydrogen) atoms. The second kappa shape index (κ2) is 5.91. The summed E-state index contributed by atoms with van der Waals surface area (Å²) in [5, 5.41) is 0. The highest BCUT2D eigenvalue weighted by Crippen LogP contribution is 2.32. The van der Waals surface area contributed by atoms with Crippen molar-refractivity contribution in [3.8, 4) is 17.2 Å². The van der Waals surface area contributed by atoms with E-state index in [0.29, 0.717) is 22.8 Å². The van der Waals surface area contributed by atoms with Gasteiger partial charge in [-0.25, -0.2) is 4.79 Å². The molecule has 0 saturated carbocycles. The number of carbonyl (C=O) groups excluding carboxylic acids is 1. The number of para-hydroxylation sites is 1. The lowest BCUT2D eigenvalue weighted by atomic mass is 10.2. The molecule has 0 aliphatic carbocycles. The Morgan fingerprint density at radius 3 is 2.32 bits per heavy atom. The predicted octanol–water partition coefficient (Wildman–Crippen LogP) is 3.27. The summed E-state index contributed by atoms with van der Waals surface area (Å²) in [6.07, 6.45) is 0. The van der Waals surface area contributed by atoms with Crippen LogP contribution in [-0.4, -0.2) is 20.2 Å². The van der Waals surface area contributed by atoms with E-state index in [-0.39, 0.29) is 0 Å². The summed E-state index contributed by atoms with van der Waals surface area (Å²) in [5.41, 5.74) is 0.411. The minimum Gasteiger partial charge on any atom is -0.493 e. The molecule has 0 spiro atoms. The molecule has 2 rings (SSSR count). The largest absolute Gasteiger partial charge is 0.493 e. The average molecular weight is 258 g/mol. The number of ether oxygens (including phenoxy) is 3. The molecule has 0 aliphatic heterocycles. The van der Waals surface area contributed by atoms with Crippen LogP contribution in [-0.2, 0) is 4.74 Å². The van der Waals surface area contributed by atoms with Crippen LogP contribution in [0.5, 0.6) is 17.2 Å². The Labute approximate surface area is 111 Å². The highest BCUT2D eigenvalue weighted by Gasteiger charge is 2.12. The van der Waals surface area contributed by atoms with Crippen molar-refractivity contribution >= 4 is 5.97 Å². The van der Waals surface area contributed by atoms with E-state index in [2.05, 4.69) is 4.74 Å². The SMILES string of the molecule is COC(=O)c1ccc(OC)c(Oc2ccccc2)c1. The van der Waals surface area contributed by atoms with Gasteiger partial charge in [-0.15, -0.1) is 0 Å². The van der Waals surface area contributed by atoms with Crippen LogP contribution in [0.4, 0.5) is 0 Å². The van der Waals surface area contributed by atoms with Gasteiger partial charge in [0, 0.05) is 0 Å². The van der Waals surface area contributed by atoms with Gasteiger partial charge in [0.25, 0.3) is 0 Å². The molecule has 98 valence electrons. The number of hydrogen-bond acceptors (Lipinski definition) is 4. The topological polar surface area (TPSA) is 44.8 Å². The van der Waals surface area contributed by atoms with Crippen molar-refractivity contribution < 1.29 is 19.0 Å². The van der Waals surface area contributed by atoms with Gasteiger partial charge in [0.15, 0.2) is 11.5 Å². The Morgan fingerprint density at radius 2 is 1.68 bits per heavy atom. The first-order valence-electron chi connectivity index (χ1n) is 5.74. The predicted molar refractivity (Wildman–Crippen MR) is 70.8 cm³/mol. The Bertz CT molecular complexity index is 564. The van der Waals surface area contributed by atoms with Crippen molar-refractivity contribution in [1.82, 2.24) is 0 Å². The van der Waals surface area contributed by atoms with Crippen LogP contribution in [0.2, 0.25) is 0 Å². The Kier molecular flexibility index (Phi) is 4.03. The first-order chi connectivity index (χ1) is 9.24. The van der Waals surface area contributed by atoms with Gasteiger partial charge in [-0.3, -0.25) is 0 Å². The minimum absolute atomic E-state index is 0.411. The zero-order valence-corrected chi connectivity index (χ0v) is 10.8. The molecule has 0 amide bonds. The van der Waals surface area contributed by atoms with Crippen LogP contribution in [0.3, 0.4) is 0 Å². The van der Waals surface area contributed by atoms with Gasteiger partial charge in [0.1, 0.15) is 5.75 Å². The van der Waals surface area contributed by atoms with Crippen LogP contribution in [0.25, 0.3) is 0 Å². The molecule has 0 atom stereocenters. The monoisotopic (exact) mass is 258 g/mol. The standard InChI is InChI=1S/C15H14O4/c1-17-13-9-8-11(15(16)18-2)10-14(13)19-12-6-4-3-5-7-12/h3-10H,1-2H3. The smallest absolute Gasteiger partial charge is 0.337 e. The average Bonchev–Trinajstić information content (AvgIpc) is 2.47. The van der Waals surface area contributed by atoms with Gasteiger partial charge < -0.3 is 14.2 Å². The zero-order valence-electron chi connectivity index (χ0n) is 10.8. The second-order valence-electron chi connectivity index (χ2n) is 3.77. The van der Waals surface area contributed by atoms with E-state index in [4.69, 9.17) is 9.47 Å². The summed E-state index contributed by atoms with van der Waals surface area (Å²) < 4.78 is 15.6. The van der Waals surface area contributed by atoms with E-state index in [1.165, 1.54) is 7.11 Å². The molecular weight excluding hydrogens is 244 g/mol. The van der Waals surface area contributed by atoms with Gasteiger partial charge in [0.2, 0.25) is 0 Å². The minimum atomic E-state index is -0.416. The number of carbonyl (C=O) groups is 1. The van der Waals surface area contributed by atoms with Crippen LogP contribution >= 0.6 is 0 Å². The van der Waals surface area contributed by atoms with E-state index in [1.54, 1.807) is 25.3 Å². The molecule has 4 heteroatoms. The van der Waals surface area contributed by atoms with Crippen molar-refractivity contribution in [1.29, 1.82) is 0 Å². The lowest BCUT2D eigenvalue weighted by Crippen LogP contribution is -2.02. The van der Waals surface area contributed by atoms with Crippen LogP contribution in [0.1, 0.15) is 10.4 Å². The first kappa shape index (κ1) is 13.0. The van der Waals surface area contributed by atoms with Crippen LogP contribution < -0.4 is 9.47 Å². The van der Waals surface area contributed by atoms with Crippen molar-refractivity contribution in [2.75, 3.05) is 14.2 Å². The molecule has 0 aromatic heterocycles. The molecule has 0 N–H and O–H groups in total. The van der Waals surface area contributed by atoms with Crippen LogP contribution in [0.15, 0.2) is 48.5 Å². The second-order valence-corrected chi connectivity index (χ2v) is 3.77. The number of hydrogen-bond donors (Lipinski definition) is 0. The third-order valence-corrected chi connectivity index (χ3v) is 2.56. The maximum atomic E-state index is 11.5. The Balaban J connectivity index is 2.34. The van der Waals surface area contributed by atoms with Gasteiger partial charge >= 0.3 is 5.97 Å². The summed E-state index contributed by atoms with van der Waals surface area (Å²) in [6.45, 7) is 0. The molecule has 0 aliphatic rings. The van der Waals surface area contributed by atoms with E-state index in [9.17, 15) is 4.79 Å². The number of rotatable bonds is 4. The van der Waals surface area contributed by atoms with Crippen molar-refractivity contribution in [2.24, 2.45) is 0 Å². The summed E-state index contributed by atoms with van der Waals surface area (Å²) in [5.74, 6) is 1.27. The molecule has 2 aromatic carbocycles. The summed E-state index contributed by atoms with van der Waals surface area (Å²) in [4.78, 5) is 11.5. The van der Waals surface area contributed by atoms with E-state index in [0.717, 1.165) is 0 Å². The summed E-state index contributed by atoms with van der Waals surface area (Å²) >= 11 is 0. The lowest BCUT2D eigenvalue weighted by molar-refractivity contribution is 0.0600.